The summed E-state index contributed by atoms with van der Waals surface area (Å²) in [6.45, 7) is 0.495. The normalized spacial score (nSPS) is 11.1. The highest BCUT2D eigenvalue weighted by molar-refractivity contribution is 14.1. The molecule has 1 N–H and O–H groups in total. The van der Waals surface area contributed by atoms with Gasteiger partial charge in [0, 0.05) is 10.0 Å². The molecule has 4 nitrogen and oxygen atoms in total. The lowest BCUT2D eigenvalue weighted by Gasteiger charge is -2.11. The lowest BCUT2D eigenvalue weighted by molar-refractivity contribution is 0.0955. The Morgan fingerprint density at radius 3 is 2.34 bits per heavy atom. The molecule has 0 aliphatic heterocycles. The fourth-order valence-electron chi connectivity index (χ4n) is 3.09. The molecule has 1 amide bonds. The zero-order valence-corrected chi connectivity index (χ0v) is 22.6. The number of benzene rings is 4. The Bertz CT molecular complexity index is 1280. The Hall–Kier alpha value is -1.98. The van der Waals surface area contributed by atoms with Crippen molar-refractivity contribution in [2.45, 2.75) is 6.61 Å². The van der Waals surface area contributed by atoms with Crippen molar-refractivity contribution in [2.24, 2.45) is 5.10 Å². The summed E-state index contributed by atoms with van der Waals surface area (Å²) in [6.07, 6.45) is 1.64. The lowest BCUT2D eigenvalue weighted by atomic mass is 10.1. The number of rotatable bonds is 6. The highest BCUT2D eigenvalue weighted by atomic mass is 127. The van der Waals surface area contributed by atoms with Crippen molar-refractivity contribution in [1.82, 2.24) is 5.43 Å². The van der Waals surface area contributed by atoms with Gasteiger partial charge < -0.3 is 4.74 Å². The maximum Gasteiger partial charge on any atom is 0.271 e. The summed E-state index contributed by atoms with van der Waals surface area (Å²) in [5, 5.41) is 6.25. The minimum Gasteiger partial charge on any atom is -0.487 e. The summed E-state index contributed by atoms with van der Waals surface area (Å²) in [5.74, 6) is 0.595. The van der Waals surface area contributed by atoms with E-state index >= 15 is 0 Å². The number of hydrogen-bond donors (Lipinski definition) is 1. The molecule has 0 radical (unpaired) electrons. The summed E-state index contributed by atoms with van der Waals surface area (Å²) in [4.78, 5) is 12.5. The second-order valence-electron chi connectivity index (χ2n) is 6.99. The minimum atomic E-state index is -0.245. The first kappa shape index (κ1) is 23.2. The first-order chi connectivity index (χ1) is 15.5. The van der Waals surface area contributed by atoms with Gasteiger partial charge in [0.1, 0.15) is 12.4 Å². The molecule has 7 heteroatoms. The van der Waals surface area contributed by atoms with Gasteiger partial charge in [0.05, 0.1) is 13.4 Å². The highest BCUT2D eigenvalue weighted by Crippen LogP contribution is 2.29. The second kappa shape index (κ2) is 10.8. The fraction of sp³-hybridized carbons (Fsp3) is 0.0400. The van der Waals surface area contributed by atoms with Crippen molar-refractivity contribution in [1.29, 1.82) is 0 Å². The maximum atomic E-state index is 12.5. The lowest BCUT2D eigenvalue weighted by Crippen LogP contribution is -2.17. The molecule has 0 spiro atoms. The van der Waals surface area contributed by atoms with E-state index in [0.29, 0.717) is 12.2 Å². The number of carbonyl (C=O) groups is 1. The van der Waals surface area contributed by atoms with E-state index in [9.17, 15) is 4.79 Å². The average Bonchev–Trinajstić information content (AvgIpc) is 2.79. The van der Waals surface area contributed by atoms with Gasteiger partial charge in [0.25, 0.3) is 5.91 Å². The van der Waals surface area contributed by atoms with Gasteiger partial charge in [-0.25, -0.2) is 5.43 Å². The molecular weight excluding hydrogens is 694 g/mol. The van der Waals surface area contributed by atoms with Crippen LogP contribution < -0.4 is 10.2 Å². The van der Waals surface area contributed by atoms with Crippen LogP contribution in [0, 0.1) is 7.14 Å². The molecule has 4 rings (SSSR count). The van der Waals surface area contributed by atoms with Crippen molar-refractivity contribution in [3.05, 3.63) is 107 Å². The number of hydrazone groups is 1. The van der Waals surface area contributed by atoms with Crippen molar-refractivity contribution >= 4 is 84.0 Å². The third-order valence-corrected chi connectivity index (χ3v) is 6.84. The van der Waals surface area contributed by atoms with Gasteiger partial charge in [-0.2, -0.15) is 5.10 Å². The summed E-state index contributed by atoms with van der Waals surface area (Å²) >= 11 is 7.95. The molecule has 0 unspecified atom stereocenters. The number of nitrogens with zero attached hydrogens (tertiary/aromatic N) is 1. The largest absolute Gasteiger partial charge is 0.487 e. The molecule has 4 aromatic rings. The number of halogens is 3. The Morgan fingerprint density at radius 1 is 0.938 bits per heavy atom. The third kappa shape index (κ3) is 5.87. The van der Waals surface area contributed by atoms with Crippen molar-refractivity contribution in [3.63, 3.8) is 0 Å². The van der Waals surface area contributed by atoms with Crippen LogP contribution in [-0.2, 0) is 6.61 Å². The highest BCUT2D eigenvalue weighted by Gasteiger charge is 2.09. The van der Waals surface area contributed by atoms with Crippen LogP contribution in [0.4, 0.5) is 0 Å². The van der Waals surface area contributed by atoms with Gasteiger partial charge in [-0.1, -0.05) is 58.4 Å². The van der Waals surface area contributed by atoms with Gasteiger partial charge in [-0.15, -0.1) is 0 Å². The van der Waals surface area contributed by atoms with E-state index in [1.54, 1.807) is 12.3 Å². The minimum absolute atomic E-state index is 0.245. The first-order valence-corrected chi connectivity index (χ1v) is 12.6. The van der Waals surface area contributed by atoms with Crippen LogP contribution in [0.15, 0.2) is 88.4 Å². The molecule has 0 atom stereocenters. The number of nitrogens with one attached hydrogen (secondary N) is 1. The molecule has 0 aromatic heterocycles. The summed E-state index contributed by atoms with van der Waals surface area (Å²) in [5.41, 5.74) is 5.16. The van der Waals surface area contributed by atoms with Gasteiger partial charge in [-0.3, -0.25) is 4.79 Å². The number of hydrogen-bond acceptors (Lipinski definition) is 3. The molecule has 0 aliphatic rings. The van der Waals surface area contributed by atoms with E-state index in [1.165, 1.54) is 0 Å². The Labute approximate surface area is 221 Å². The van der Waals surface area contributed by atoms with Crippen LogP contribution in [0.1, 0.15) is 21.5 Å². The van der Waals surface area contributed by atoms with E-state index in [4.69, 9.17) is 4.74 Å². The van der Waals surface area contributed by atoms with Gasteiger partial charge in [-0.05, 0) is 103 Å². The molecule has 0 heterocycles. The standard InChI is InChI=1S/C25H17BrI2N2O2/c26-21-9-5-16(6-10-21)15-32-24-22(27)11-17(12-23(24)28)14-29-30-25(31)20-8-7-18-3-1-2-4-19(18)13-20/h1-14H,15H2,(H,30,31)/b29-14-. The first-order valence-electron chi connectivity index (χ1n) is 9.68. The van der Waals surface area contributed by atoms with Crippen molar-refractivity contribution < 1.29 is 9.53 Å². The predicted molar refractivity (Wildman–Crippen MR) is 149 cm³/mol. The van der Waals surface area contributed by atoms with E-state index in [-0.39, 0.29) is 5.91 Å². The van der Waals surface area contributed by atoms with Gasteiger partial charge >= 0.3 is 0 Å². The van der Waals surface area contributed by atoms with Gasteiger partial charge in [0.2, 0.25) is 0 Å². The van der Waals surface area contributed by atoms with Crippen LogP contribution in [0.2, 0.25) is 0 Å². The SMILES string of the molecule is O=C(N/N=C\c1cc(I)c(OCc2ccc(Br)cc2)c(I)c1)c1ccc2ccccc2c1. The smallest absolute Gasteiger partial charge is 0.271 e. The van der Waals surface area contributed by atoms with Gasteiger partial charge in [0.15, 0.2) is 0 Å². The number of amides is 1. The molecule has 0 fully saturated rings. The monoisotopic (exact) mass is 710 g/mol. The molecule has 32 heavy (non-hydrogen) atoms. The maximum absolute atomic E-state index is 12.5. The van der Waals surface area contributed by atoms with E-state index in [1.807, 2.05) is 72.8 Å². The van der Waals surface area contributed by atoms with E-state index < -0.39 is 0 Å². The molecule has 0 saturated carbocycles. The van der Waals surface area contributed by atoms with Crippen LogP contribution in [0.25, 0.3) is 10.8 Å². The summed E-state index contributed by atoms with van der Waals surface area (Å²) in [6, 6.07) is 25.6. The summed E-state index contributed by atoms with van der Waals surface area (Å²) < 4.78 is 9.04. The molecule has 0 aliphatic carbocycles. The average molecular weight is 711 g/mol. The number of fused-ring (bicyclic) bond motifs is 1. The molecule has 4 aromatic carbocycles. The molecule has 0 saturated heterocycles. The Balaban J connectivity index is 1.41. The summed E-state index contributed by atoms with van der Waals surface area (Å²) in [7, 11) is 0. The zero-order valence-electron chi connectivity index (χ0n) is 16.7. The quantitative estimate of drug-likeness (QED) is 0.131. The van der Waals surface area contributed by atoms with Crippen molar-refractivity contribution in [3.8, 4) is 5.75 Å². The Morgan fingerprint density at radius 2 is 1.62 bits per heavy atom. The van der Waals surface area contributed by atoms with E-state index in [2.05, 4.69) is 71.6 Å². The fourth-order valence-corrected chi connectivity index (χ4v) is 5.48. The topological polar surface area (TPSA) is 50.7 Å². The third-order valence-electron chi connectivity index (χ3n) is 4.71. The molecule has 160 valence electrons. The van der Waals surface area contributed by atoms with Crippen molar-refractivity contribution in [2.75, 3.05) is 0 Å². The van der Waals surface area contributed by atoms with Crippen LogP contribution in [0.5, 0.6) is 5.75 Å². The van der Waals surface area contributed by atoms with Crippen LogP contribution in [0.3, 0.4) is 0 Å². The molecule has 0 bridgehead atoms. The molecular formula is C25H17BrI2N2O2. The zero-order chi connectivity index (χ0) is 22.5. The number of carbonyl (C=O) groups excluding carboxylic acids is 1. The van der Waals surface area contributed by atoms with Crippen LogP contribution in [-0.4, -0.2) is 12.1 Å². The predicted octanol–water partition coefficient (Wildman–Crippen LogP) is 7.15. The number of ether oxygens (including phenoxy) is 1. The Kier molecular flexibility index (Phi) is 7.80. The van der Waals surface area contributed by atoms with E-state index in [0.717, 1.165) is 39.3 Å². The second-order valence-corrected chi connectivity index (χ2v) is 10.2. The van der Waals surface area contributed by atoms with Crippen LogP contribution >= 0.6 is 61.1 Å².